The van der Waals surface area contributed by atoms with Gasteiger partial charge >= 0.3 is 0 Å². The fourth-order valence-corrected chi connectivity index (χ4v) is 2.40. The van der Waals surface area contributed by atoms with Crippen molar-refractivity contribution in [1.29, 1.82) is 0 Å². The number of rotatable bonds is 6. The van der Waals surface area contributed by atoms with E-state index in [1.165, 1.54) is 0 Å². The van der Waals surface area contributed by atoms with Gasteiger partial charge in [-0.1, -0.05) is 6.07 Å². The van der Waals surface area contributed by atoms with Crippen LogP contribution in [-0.2, 0) is 6.54 Å². The number of ether oxygens (including phenoxy) is 1. The van der Waals surface area contributed by atoms with Gasteiger partial charge in [0.1, 0.15) is 18.1 Å². The lowest BCUT2D eigenvalue weighted by Gasteiger charge is -2.30. The number of imidazole rings is 1. The lowest BCUT2D eigenvalue weighted by molar-refractivity contribution is -0.0952. The van der Waals surface area contributed by atoms with Crippen LogP contribution in [0.2, 0.25) is 0 Å². The number of aromatic nitrogens is 3. The molecule has 0 saturated heterocycles. The number of halogens is 1. The lowest BCUT2D eigenvalue weighted by atomic mass is 10.2. The van der Waals surface area contributed by atoms with Gasteiger partial charge in [-0.3, -0.25) is 4.90 Å². The Morgan fingerprint density at radius 2 is 2.13 bits per heavy atom. The number of pyridine rings is 1. The van der Waals surface area contributed by atoms with Crippen molar-refractivity contribution < 1.29 is 9.84 Å². The molecule has 1 unspecified atom stereocenters. The molecule has 2 aromatic rings. The van der Waals surface area contributed by atoms with Gasteiger partial charge in [0.25, 0.3) is 0 Å². The molecule has 0 amide bonds. The second-order valence-electron chi connectivity index (χ2n) is 5.84. The van der Waals surface area contributed by atoms with E-state index in [0.29, 0.717) is 23.0 Å². The number of nitrogens with two attached hydrogens (primary N) is 1. The number of anilines is 1. The van der Waals surface area contributed by atoms with E-state index in [4.69, 9.17) is 10.5 Å². The maximum Gasteiger partial charge on any atom is 0.213 e. The van der Waals surface area contributed by atoms with E-state index in [2.05, 4.69) is 25.9 Å². The van der Waals surface area contributed by atoms with Crippen LogP contribution in [0.5, 0.6) is 5.88 Å². The molecule has 3 N–H and O–H groups in total. The number of nitrogens with zero attached hydrogens (tertiary/aromatic N) is 4. The van der Waals surface area contributed by atoms with E-state index in [9.17, 15) is 5.11 Å². The molecule has 0 saturated carbocycles. The first kappa shape index (κ1) is 17.7. The number of nitrogen functional groups attached to an aromatic ring is 1. The summed E-state index contributed by atoms with van der Waals surface area (Å²) in [5.74, 6) is 1.09. The Hall–Kier alpha value is -1.64. The molecule has 0 fully saturated rings. The summed E-state index contributed by atoms with van der Waals surface area (Å²) in [6, 6.07) is 3.68. The highest BCUT2D eigenvalue weighted by Gasteiger charge is 2.24. The van der Waals surface area contributed by atoms with Gasteiger partial charge in [-0.15, -0.1) is 0 Å². The zero-order valence-corrected chi connectivity index (χ0v) is 15.3. The summed E-state index contributed by atoms with van der Waals surface area (Å²) in [6.07, 6.45) is 1.72. The van der Waals surface area contributed by atoms with Crippen molar-refractivity contribution in [2.24, 2.45) is 0 Å². The van der Waals surface area contributed by atoms with Crippen molar-refractivity contribution in [3.8, 4) is 5.88 Å². The van der Waals surface area contributed by atoms with Gasteiger partial charge in [0.05, 0.1) is 12.2 Å². The third-order valence-corrected chi connectivity index (χ3v) is 4.34. The highest BCUT2D eigenvalue weighted by atomic mass is 79.9. The normalized spacial score (nSPS) is 14.0. The SMILES string of the molecule is Cc1nc(Br)n(Cc2ccc(OCC(C)(O)N(C)C)nc2)c1N. The van der Waals surface area contributed by atoms with Crippen molar-refractivity contribution in [2.45, 2.75) is 26.1 Å². The Labute approximate surface area is 144 Å². The van der Waals surface area contributed by atoms with Crippen LogP contribution in [0.1, 0.15) is 18.2 Å². The number of aryl methyl sites for hydroxylation is 1. The maximum atomic E-state index is 10.1. The Morgan fingerprint density at radius 1 is 1.43 bits per heavy atom. The fraction of sp³-hybridized carbons (Fsp3) is 0.467. The van der Waals surface area contributed by atoms with Crippen LogP contribution in [0.25, 0.3) is 0 Å². The number of aliphatic hydroxyl groups is 1. The molecule has 8 heteroatoms. The van der Waals surface area contributed by atoms with Gasteiger partial charge in [0, 0.05) is 12.3 Å². The predicted molar refractivity (Wildman–Crippen MR) is 92.2 cm³/mol. The summed E-state index contributed by atoms with van der Waals surface area (Å²) in [6.45, 7) is 4.24. The molecule has 126 valence electrons. The third-order valence-electron chi connectivity index (χ3n) is 3.74. The molecule has 0 aliphatic rings. The van der Waals surface area contributed by atoms with Crippen LogP contribution >= 0.6 is 15.9 Å². The quantitative estimate of drug-likeness (QED) is 0.736. The van der Waals surface area contributed by atoms with Crippen LogP contribution in [0.4, 0.5) is 5.82 Å². The van der Waals surface area contributed by atoms with E-state index in [1.807, 2.05) is 17.6 Å². The highest BCUT2D eigenvalue weighted by Crippen LogP contribution is 2.20. The van der Waals surface area contributed by atoms with Crippen molar-refractivity contribution in [3.05, 3.63) is 34.3 Å². The molecule has 0 radical (unpaired) electrons. The highest BCUT2D eigenvalue weighted by molar-refractivity contribution is 9.10. The molecule has 2 rings (SSSR count). The molecule has 1 atom stereocenters. The minimum absolute atomic E-state index is 0.131. The largest absolute Gasteiger partial charge is 0.473 e. The van der Waals surface area contributed by atoms with E-state index < -0.39 is 5.72 Å². The van der Waals surface area contributed by atoms with Gasteiger partial charge in [-0.2, -0.15) is 0 Å². The van der Waals surface area contributed by atoms with Crippen molar-refractivity contribution >= 4 is 21.7 Å². The fourth-order valence-electron chi connectivity index (χ4n) is 1.81. The first-order chi connectivity index (χ1) is 10.7. The Morgan fingerprint density at radius 3 is 2.61 bits per heavy atom. The molecule has 2 aromatic heterocycles. The molecule has 2 heterocycles. The van der Waals surface area contributed by atoms with Gasteiger partial charge in [0.15, 0.2) is 4.73 Å². The van der Waals surface area contributed by atoms with Crippen LogP contribution in [0.15, 0.2) is 23.1 Å². The van der Waals surface area contributed by atoms with Gasteiger partial charge in [-0.25, -0.2) is 9.97 Å². The molecule has 0 bridgehead atoms. The van der Waals surface area contributed by atoms with Crippen LogP contribution < -0.4 is 10.5 Å². The topological polar surface area (TPSA) is 89.4 Å². The summed E-state index contributed by atoms with van der Waals surface area (Å²) in [7, 11) is 3.57. The zero-order chi connectivity index (χ0) is 17.2. The second-order valence-corrected chi connectivity index (χ2v) is 6.55. The molecule has 23 heavy (non-hydrogen) atoms. The van der Waals surface area contributed by atoms with Crippen LogP contribution in [0.3, 0.4) is 0 Å². The summed E-state index contributed by atoms with van der Waals surface area (Å²) in [5.41, 5.74) is 6.71. The number of hydrogen-bond acceptors (Lipinski definition) is 6. The predicted octanol–water partition coefficient (Wildman–Crippen LogP) is 1.63. The Kier molecular flexibility index (Phi) is 5.28. The average Bonchev–Trinajstić information content (AvgIpc) is 2.73. The first-order valence-electron chi connectivity index (χ1n) is 7.16. The van der Waals surface area contributed by atoms with Crippen molar-refractivity contribution in [1.82, 2.24) is 19.4 Å². The summed E-state index contributed by atoms with van der Waals surface area (Å²) in [5, 5.41) is 10.1. The van der Waals surface area contributed by atoms with Gasteiger partial charge in [0.2, 0.25) is 5.88 Å². The Bertz CT molecular complexity index is 667. The zero-order valence-electron chi connectivity index (χ0n) is 13.7. The second kappa shape index (κ2) is 6.86. The van der Waals surface area contributed by atoms with E-state index in [1.54, 1.807) is 38.2 Å². The van der Waals surface area contributed by atoms with E-state index >= 15 is 0 Å². The molecule has 0 aliphatic heterocycles. The average molecular weight is 384 g/mol. The molecule has 0 aromatic carbocycles. The minimum Gasteiger partial charge on any atom is -0.473 e. The first-order valence-corrected chi connectivity index (χ1v) is 7.95. The number of hydrogen-bond donors (Lipinski definition) is 2. The van der Waals surface area contributed by atoms with Crippen molar-refractivity contribution in [2.75, 3.05) is 26.4 Å². The lowest BCUT2D eigenvalue weighted by Crippen LogP contribution is -2.46. The molecule has 7 nitrogen and oxygen atoms in total. The molecule has 0 aliphatic carbocycles. The molecule has 0 spiro atoms. The summed E-state index contributed by atoms with van der Waals surface area (Å²) < 4.78 is 8.09. The smallest absolute Gasteiger partial charge is 0.213 e. The number of likely N-dealkylation sites (N-methyl/N-ethyl adjacent to an activating group) is 1. The molecular formula is C15H22BrN5O2. The van der Waals surface area contributed by atoms with E-state index in [-0.39, 0.29) is 6.61 Å². The summed E-state index contributed by atoms with van der Waals surface area (Å²) in [4.78, 5) is 10.2. The van der Waals surface area contributed by atoms with Gasteiger partial charge < -0.3 is 20.1 Å². The van der Waals surface area contributed by atoms with Crippen LogP contribution in [-0.4, -0.2) is 51.0 Å². The molecular weight excluding hydrogens is 362 g/mol. The Balaban J connectivity index is 2.02. The van der Waals surface area contributed by atoms with Crippen LogP contribution in [0, 0.1) is 6.92 Å². The van der Waals surface area contributed by atoms with Crippen molar-refractivity contribution in [3.63, 3.8) is 0 Å². The summed E-state index contributed by atoms with van der Waals surface area (Å²) >= 11 is 3.39. The maximum absolute atomic E-state index is 10.1. The monoisotopic (exact) mass is 383 g/mol. The standard InChI is InChI=1S/C15H22BrN5O2/c1-10-13(17)21(14(16)19-10)8-11-5-6-12(18-7-11)23-9-15(2,22)20(3)4/h5-7,22H,8-9,17H2,1-4H3. The minimum atomic E-state index is -1.05. The third kappa shape index (κ3) is 4.21. The van der Waals surface area contributed by atoms with Gasteiger partial charge in [-0.05, 0) is 49.4 Å². The van der Waals surface area contributed by atoms with E-state index in [0.717, 1.165) is 11.3 Å².